The molecule has 0 radical (unpaired) electrons. The highest BCUT2D eigenvalue weighted by atomic mass is 16.5. The van der Waals surface area contributed by atoms with Gasteiger partial charge in [-0.05, 0) is 30.5 Å². The molecule has 0 unspecified atom stereocenters. The summed E-state index contributed by atoms with van der Waals surface area (Å²) in [6.07, 6.45) is 14.7. The zero-order valence-electron chi connectivity index (χ0n) is 19.1. The molecule has 2 rings (SSSR count). The first-order valence-corrected chi connectivity index (χ1v) is 12.0. The van der Waals surface area contributed by atoms with E-state index >= 15 is 0 Å². The second-order valence-corrected chi connectivity index (χ2v) is 8.29. The van der Waals surface area contributed by atoms with E-state index in [1.165, 1.54) is 57.8 Å². The maximum Gasteiger partial charge on any atom is 0.128 e. The number of hydrogen-bond acceptors (Lipinski definition) is 4. The van der Waals surface area contributed by atoms with Gasteiger partial charge in [-0.25, -0.2) is 0 Å². The van der Waals surface area contributed by atoms with Crippen LogP contribution in [-0.2, 0) is 6.61 Å². The standard InChI is InChI=1S/C27H39NO3/c1-2-3-4-5-6-7-8-9-10-11-15-18-26(28-30)25-20-19-24(21-27(25)29)31-22-23-16-13-12-14-17-23/h12-14,16-17,19-21,29-30H,2-11,15,18,22H2,1H3. The molecule has 0 aromatic heterocycles. The van der Waals surface area contributed by atoms with Crippen molar-refractivity contribution in [2.75, 3.05) is 0 Å². The molecule has 31 heavy (non-hydrogen) atoms. The summed E-state index contributed by atoms with van der Waals surface area (Å²) in [6, 6.07) is 15.1. The molecular formula is C27H39NO3. The highest BCUT2D eigenvalue weighted by Crippen LogP contribution is 2.26. The summed E-state index contributed by atoms with van der Waals surface area (Å²) >= 11 is 0. The number of benzene rings is 2. The van der Waals surface area contributed by atoms with E-state index in [9.17, 15) is 10.3 Å². The maximum atomic E-state index is 10.4. The number of rotatable bonds is 16. The summed E-state index contributed by atoms with van der Waals surface area (Å²) in [5.74, 6) is 0.679. The quantitative estimate of drug-likeness (QED) is 0.125. The van der Waals surface area contributed by atoms with Crippen molar-refractivity contribution in [2.24, 2.45) is 5.16 Å². The van der Waals surface area contributed by atoms with Crippen LogP contribution in [0.1, 0.15) is 95.1 Å². The summed E-state index contributed by atoms with van der Waals surface area (Å²) in [5, 5.41) is 23.3. The fourth-order valence-corrected chi connectivity index (χ4v) is 3.78. The fourth-order valence-electron chi connectivity index (χ4n) is 3.78. The lowest BCUT2D eigenvalue weighted by molar-refractivity contribution is 0.304. The van der Waals surface area contributed by atoms with Gasteiger partial charge in [0.1, 0.15) is 18.1 Å². The zero-order valence-corrected chi connectivity index (χ0v) is 19.1. The number of phenols is 1. The molecule has 4 nitrogen and oxygen atoms in total. The summed E-state index contributed by atoms with van der Waals surface area (Å²) < 4.78 is 5.75. The van der Waals surface area contributed by atoms with E-state index in [1.54, 1.807) is 12.1 Å². The Balaban J connectivity index is 1.66. The van der Waals surface area contributed by atoms with Gasteiger partial charge >= 0.3 is 0 Å². The summed E-state index contributed by atoms with van der Waals surface area (Å²) in [5.41, 5.74) is 2.17. The topological polar surface area (TPSA) is 62.1 Å². The van der Waals surface area contributed by atoms with Crippen LogP contribution in [0.5, 0.6) is 11.5 Å². The van der Waals surface area contributed by atoms with Gasteiger partial charge in [0.05, 0.1) is 5.71 Å². The molecule has 0 atom stereocenters. The average Bonchev–Trinajstić information content (AvgIpc) is 2.80. The Hall–Kier alpha value is -2.49. The monoisotopic (exact) mass is 425 g/mol. The first-order valence-electron chi connectivity index (χ1n) is 12.0. The van der Waals surface area contributed by atoms with Crippen molar-refractivity contribution in [1.82, 2.24) is 0 Å². The van der Waals surface area contributed by atoms with Gasteiger partial charge in [0, 0.05) is 11.6 Å². The minimum Gasteiger partial charge on any atom is -0.507 e. The largest absolute Gasteiger partial charge is 0.507 e. The zero-order chi connectivity index (χ0) is 22.2. The van der Waals surface area contributed by atoms with Crippen LogP contribution in [0.25, 0.3) is 0 Å². The van der Waals surface area contributed by atoms with Crippen LogP contribution in [-0.4, -0.2) is 16.0 Å². The Labute approximate surface area is 188 Å². The van der Waals surface area contributed by atoms with E-state index in [0.29, 0.717) is 30.1 Å². The van der Waals surface area contributed by atoms with Crippen LogP contribution in [0.4, 0.5) is 0 Å². The third kappa shape index (κ3) is 9.91. The maximum absolute atomic E-state index is 10.4. The Kier molecular flexibility index (Phi) is 12.3. The van der Waals surface area contributed by atoms with E-state index in [4.69, 9.17) is 4.74 Å². The van der Waals surface area contributed by atoms with E-state index in [0.717, 1.165) is 18.4 Å². The van der Waals surface area contributed by atoms with Crippen LogP contribution in [0, 0.1) is 0 Å². The number of hydrogen-bond donors (Lipinski definition) is 2. The van der Waals surface area contributed by atoms with Gasteiger partial charge in [-0.3, -0.25) is 0 Å². The molecule has 4 heteroatoms. The smallest absolute Gasteiger partial charge is 0.128 e. The molecule has 2 aromatic rings. The first kappa shape index (κ1) is 24.8. The van der Waals surface area contributed by atoms with Crippen LogP contribution in [0.2, 0.25) is 0 Å². The van der Waals surface area contributed by atoms with Crippen LogP contribution < -0.4 is 4.74 Å². The van der Waals surface area contributed by atoms with E-state index in [1.807, 2.05) is 36.4 Å². The van der Waals surface area contributed by atoms with Gasteiger partial charge in [-0.2, -0.15) is 0 Å². The molecule has 0 saturated heterocycles. The van der Waals surface area contributed by atoms with E-state index < -0.39 is 0 Å². The Morgan fingerprint density at radius 1 is 0.806 bits per heavy atom. The van der Waals surface area contributed by atoms with Crippen LogP contribution in [0.15, 0.2) is 53.7 Å². The molecule has 0 aliphatic heterocycles. The highest BCUT2D eigenvalue weighted by molar-refractivity contribution is 6.02. The molecule has 170 valence electrons. The fraction of sp³-hybridized carbons (Fsp3) is 0.519. The van der Waals surface area contributed by atoms with E-state index in [-0.39, 0.29) is 5.75 Å². The highest BCUT2D eigenvalue weighted by Gasteiger charge is 2.11. The van der Waals surface area contributed by atoms with Gasteiger partial charge in [-0.15, -0.1) is 0 Å². The second kappa shape index (κ2) is 15.3. The molecule has 0 amide bonds. The number of aromatic hydroxyl groups is 1. The second-order valence-electron chi connectivity index (χ2n) is 8.29. The van der Waals surface area contributed by atoms with Crippen molar-refractivity contribution in [3.05, 3.63) is 59.7 Å². The number of phenolic OH excluding ortho intramolecular Hbond substituents is 1. The lowest BCUT2D eigenvalue weighted by atomic mass is 10.0. The average molecular weight is 426 g/mol. The van der Waals surface area contributed by atoms with Gasteiger partial charge in [0.2, 0.25) is 0 Å². The summed E-state index contributed by atoms with van der Waals surface area (Å²) in [4.78, 5) is 0. The molecule has 0 heterocycles. The SMILES string of the molecule is CCCCCCCCCCCCCC(=NO)c1ccc(OCc2ccccc2)cc1O. The van der Waals surface area contributed by atoms with Crippen molar-refractivity contribution in [1.29, 1.82) is 0 Å². The van der Waals surface area contributed by atoms with Gasteiger partial charge in [0.25, 0.3) is 0 Å². The van der Waals surface area contributed by atoms with Crippen molar-refractivity contribution < 1.29 is 15.1 Å². The molecule has 0 spiro atoms. The van der Waals surface area contributed by atoms with Crippen molar-refractivity contribution in [3.8, 4) is 11.5 Å². The van der Waals surface area contributed by atoms with Crippen molar-refractivity contribution in [3.63, 3.8) is 0 Å². The molecule has 2 aromatic carbocycles. The molecule has 0 aliphatic rings. The molecular weight excluding hydrogens is 386 g/mol. The Morgan fingerprint density at radius 3 is 2.00 bits per heavy atom. The minimum atomic E-state index is 0.0847. The predicted octanol–water partition coefficient (Wildman–Crippen LogP) is 7.85. The molecule has 0 fully saturated rings. The molecule has 0 saturated carbocycles. The predicted molar refractivity (Wildman–Crippen MR) is 128 cm³/mol. The number of nitrogens with zero attached hydrogens (tertiary/aromatic N) is 1. The van der Waals surface area contributed by atoms with Gasteiger partial charge in [0.15, 0.2) is 0 Å². The van der Waals surface area contributed by atoms with Crippen molar-refractivity contribution in [2.45, 2.75) is 90.6 Å². The molecule has 0 aliphatic carbocycles. The van der Waals surface area contributed by atoms with Crippen LogP contribution in [0.3, 0.4) is 0 Å². The summed E-state index contributed by atoms with van der Waals surface area (Å²) in [7, 11) is 0. The Bertz CT molecular complexity index is 758. The van der Waals surface area contributed by atoms with E-state index in [2.05, 4.69) is 12.1 Å². The third-order valence-corrected chi connectivity index (χ3v) is 5.67. The number of ether oxygens (including phenoxy) is 1. The van der Waals surface area contributed by atoms with Gasteiger partial charge in [-0.1, -0.05) is 107 Å². The third-order valence-electron chi connectivity index (χ3n) is 5.67. The lowest BCUT2D eigenvalue weighted by Crippen LogP contribution is -2.02. The lowest BCUT2D eigenvalue weighted by Gasteiger charge is -2.11. The van der Waals surface area contributed by atoms with Crippen LogP contribution >= 0.6 is 0 Å². The number of oxime groups is 1. The first-order chi connectivity index (χ1) is 15.2. The normalized spacial score (nSPS) is 11.6. The molecule has 2 N–H and O–H groups in total. The summed E-state index contributed by atoms with van der Waals surface area (Å²) in [6.45, 7) is 2.70. The van der Waals surface area contributed by atoms with Crippen molar-refractivity contribution >= 4 is 5.71 Å². The van der Waals surface area contributed by atoms with Gasteiger partial charge < -0.3 is 15.1 Å². The molecule has 0 bridgehead atoms. The Morgan fingerprint density at radius 2 is 1.42 bits per heavy atom. The number of unbranched alkanes of at least 4 members (excludes halogenated alkanes) is 10. The minimum absolute atomic E-state index is 0.0847.